The summed E-state index contributed by atoms with van der Waals surface area (Å²) in [5.74, 6) is 1.36. The van der Waals surface area contributed by atoms with Crippen LogP contribution in [0.3, 0.4) is 0 Å². The van der Waals surface area contributed by atoms with Gasteiger partial charge in [0, 0.05) is 51.0 Å². The molecule has 0 aliphatic rings. The van der Waals surface area contributed by atoms with Gasteiger partial charge in [-0.2, -0.15) is 10.2 Å². The van der Waals surface area contributed by atoms with Crippen LogP contribution in [0.15, 0.2) is 95.8 Å². The molecule has 2 atom stereocenters. The summed E-state index contributed by atoms with van der Waals surface area (Å²) in [6.45, 7) is 14.4. The SMILES string of the molecule is C=CC=C.CC.CC(CN(C)C)Nc1nn(C)c(=O)c2cccnc12.CN(C)C(CNc1nn(C)c(=O)c2[nH]ccc12)c1ccccc1. The van der Waals surface area contributed by atoms with Crippen molar-refractivity contribution in [3.8, 4) is 0 Å². The molecule has 48 heavy (non-hydrogen) atoms. The summed E-state index contributed by atoms with van der Waals surface area (Å²) in [5, 5.41) is 16.7. The number of nitrogens with one attached hydrogen (secondary N) is 3. The first-order valence-corrected chi connectivity index (χ1v) is 15.9. The Kier molecular flexibility index (Phi) is 15.9. The van der Waals surface area contributed by atoms with Crippen LogP contribution in [0.25, 0.3) is 21.8 Å². The number of aryl methyl sites for hydroxylation is 2. The van der Waals surface area contributed by atoms with Gasteiger partial charge in [0.1, 0.15) is 11.0 Å². The highest BCUT2D eigenvalue weighted by molar-refractivity contribution is 5.89. The summed E-state index contributed by atoms with van der Waals surface area (Å²) >= 11 is 0. The highest BCUT2D eigenvalue weighted by Crippen LogP contribution is 2.21. The Morgan fingerprint density at radius 1 is 0.875 bits per heavy atom. The lowest BCUT2D eigenvalue weighted by molar-refractivity contribution is 0.311. The molecule has 0 aliphatic carbocycles. The van der Waals surface area contributed by atoms with Crippen molar-refractivity contribution < 1.29 is 0 Å². The molecular formula is C36H52N10O2. The smallest absolute Gasteiger partial charge is 0.290 e. The molecule has 0 fully saturated rings. The zero-order valence-electron chi connectivity index (χ0n) is 29.9. The summed E-state index contributed by atoms with van der Waals surface area (Å²) in [7, 11) is 11.5. The van der Waals surface area contributed by atoms with E-state index < -0.39 is 0 Å². The normalized spacial score (nSPS) is 11.7. The zero-order chi connectivity index (χ0) is 35.8. The number of benzene rings is 1. The molecule has 3 N–H and O–H groups in total. The van der Waals surface area contributed by atoms with Crippen LogP contribution in [-0.2, 0) is 14.1 Å². The quantitative estimate of drug-likeness (QED) is 0.177. The van der Waals surface area contributed by atoms with Crippen LogP contribution in [-0.4, -0.2) is 86.7 Å². The van der Waals surface area contributed by atoms with E-state index in [4.69, 9.17) is 0 Å². The second kappa shape index (κ2) is 19.6. The van der Waals surface area contributed by atoms with Crippen molar-refractivity contribution in [2.45, 2.75) is 32.9 Å². The summed E-state index contributed by atoms with van der Waals surface area (Å²) in [5.41, 5.74) is 2.18. The highest BCUT2D eigenvalue weighted by atomic mass is 16.1. The minimum atomic E-state index is -0.131. The number of allylic oxidation sites excluding steroid dienone is 2. The van der Waals surface area contributed by atoms with Gasteiger partial charge in [0.25, 0.3) is 11.1 Å². The highest BCUT2D eigenvalue weighted by Gasteiger charge is 2.16. The standard InChI is InChI=1S/C17H21N5O.C13H19N5O.C4H6.C2H6/c1-21(2)14(12-7-5-4-6-8-12)11-19-16-13-9-10-18-15(13)17(23)22(3)20-16;1-9(8-17(2)3)15-12-11-10(6-5-7-14-11)13(19)18(4)16-12;1-3-4-2;1-2/h4-10,14,18H,11H2,1-3H3,(H,19,20);5-7,9H,8H2,1-4H3,(H,15,16);3-4H,1-2H2;1-2H3. The number of H-pyrrole nitrogens is 1. The van der Waals surface area contributed by atoms with Gasteiger partial charge in [-0.15, -0.1) is 0 Å². The lowest BCUT2D eigenvalue weighted by atomic mass is 10.1. The van der Waals surface area contributed by atoms with Crippen molar-refractivity contribution in [3.63, 3.8) is 0 Å². The number of hydrogen-bond donors (Lipinski definition) is 3. The average Bonchev–Trinajstić information content (AvgIpc) is 3.58. The summed E-state index contributed by atoms with van der Waals surface area (Å²) in [6, 6.07) is 16.2. The molecule has 0 bridgehead atoms. The predicted octanol–water partition coefficient (Wildman–Crippen LogP) is 5.05. The Morgan fingerprint density at radius 2 is 1.50 bits per heavy atom. The van der Waals surface area contributed by atoms with Gasteiger partial charge in [0.05, 0.1) is 11.4 Å². The van der Waals surface area contributed by atoms with Crippen LogP contribution in [0.1, 0.15) is 32.4 Å². The number of likely N-dealkylation sites (N-methyl/N-ethyl adjacent to an activating group) is 2. The lowest BCUT2D eigenvalue weighted by Crippen LogP contribution is -2.31. The maximum atomic E-state index is 12.0. The fourth-order valence-corrected chi connectivity index (χ4v) is 4.86. The first-order valence-electron chi connectivity index (χ1n) is 15.9. The number of nitrogens with zero attached hydrogens (tertiary/aromatic N) is 7. The van der Waals surface area contributed by atoms with Crippen LogP contribution in [0.4, 0.5) is 11.6 Å². The molecule has 0 amide bonds. The van der Waals surface area contributed by atoms with Gasteiger partial charge in [0.2, 0.25) is 0 Å². The van der Waals surface area contributed by atoms with Crippen molar-refractivity contribution in [2.75, 3.05) is 51.9 Å². The van der Waals surface area contributed by atoms with E-state index in [0.29, 0.717) is 34.6 Å². The Labute approximate surface area is 283 Å². The van der Waals surface area contributed by atoms with Crippen LogP contribution >= 0.6 is 0 Å². The van der Waals surface area contributed by atoms with Crippen molar-refractivity contribution in [1.29, 1.82) is 0 Å². The molecule has 0 saturated heterocycles. The first-order chi connectivity index (χ1) is 23.0. The average molecular weight is 657 g/mol. The first kappa shape index (κ1) is 39.1. The van der Waals surface area contributed by atoms with E-state index in [1.807, 2.05) is 52.2 Å². The molecule has 4 aromatic heterocycles. The van der Waals surface area contributed by atoms with E-state index in [1.165, 1.54) is 14.9 Å². The molecule has 4 heterocycles. The number of aromatic amines is 1. The second-order valence-corrected chi connectivity index (χ2v) is 11.3. The minimum absolute atomic E-state index is 0.122. The number of anilines is 2. The van der Waals surface area contributed by atoms with Gasteiger partial charge in [-0.25, -0.2) is 9.36 Å². The summed E-state index contributed by atoms with van der Waals surface area (Å²) in [6.07, 6.45) is 6.71. The minimum Gasteiger partial charge on any atom is -0.366 e. The van der Waals surface area contributed by atoms with Crippen molar-refractivity contribution >= 4 is 33.4 Å². The van der Waals surface area contributed by atoms with Crippen LogP contribution < -0.4 is 21.8 Å². The van der Waals surface area contributed by atoms with E-state index in [0.717, 1.165) is 11.9 Å². The van der Waals surface area contributed by atoms with E-state index in [2.05, 4.69) is 86.9 Å². The van der Waals surface area contributed by atoms with E-state index in [-0.39, 0.29) is 23.2 Å². The molecule has 0 aliphatic heterocycles. The van der Waals surface area contributed by atoms with Crippen LogP contribution in [0, 0.1) is 0 Å². The van der Waals surface area contributed by atoms with E-state index >= 15 is 0 Å². The molecule has 2 unspecified atom stereocenters. The molecule has 1 aromatic carbocycles. The zero-order valence-corrected chi connectivity index (χ0v) is 29.9. The molecule has 0 saturated carbocycles. The number of aromatic nitrogens is 6. The van der Waals surface area contributed by atoms with Crippen LogP contribution in [0.2, 0.25) is 0 Å². The van der Waals surface area contributed by atoms with Gasteiger partial charge in [-0.05, 0) is 58.9 Å². The van der Waals surface area contributed by atoms with Gasteiger partial charge in [-0.1, -0.05) is 69.5 Å². The molecule has 12 nitrogen and oxygen atoms in total. The molecule has 5 rings (SSSR count). The largest absolute Gasteiger partial charge is 0.366 e. The third-order valence-corrected chi connectivity index (χ3v) is 7.03. The van der Waals surface area contributed by atoms with Gasteiger partial charge in [-0.3, -0.25) is 14.6 Å². The van der Waals surface area contributed by atoms with E-state index in [1.54, 1.807) is 50.8 Å². The fourth-order valence-electron chi connectivity index (χ4n) is 4.86. The number of pyridine rings is 1. The Morgan fingerprint density at radius 3 is 2.10 bits per heavy atom. The number of hydrogen-bond acceptors (Lipinski definition) is 9. The molecule has 12 heteroatoms. The number of rotatable bonds is 10. The van der Waals surface area contributed by atoms with Crippen molar-refractivity contribution in [2.24, 2.45) is 14.1 Å². The summed E-state index contributed by atoms with van der Waals surface area (Å²) < 4.78 is 2.70. The number of fused-ring (bicyclic) bond motifs is 2. The Balaban J connectivity index is 0.000000291. The third kappa shape index (κ3) is 10.7. The van der Waals surface area contributed by atoms with Gasteiger partial charge >= 0.3 is 0 Å². The third-order valence-electron chi connectivity index (χ3n) is 7.03. The molecule has 5 aromatic rings. The van der Waals surface area contributed by atoms with E-state index in [9.17, 15) is 9.59 Å². The summed E-state index contributed by atoms with van der Waals surface area (Å²) in [4.78, 5) is 35.5. The van der Waals surface area contributed by atoms with Crippen LogP contribution in [0.5, 0.6) is 0 Å². The predicted molar refractivity (Wildman–Crippen MR) is 201 cm³/mol. The lowest BCUT2D eigenvalue weighted by Gasteiger charge is -2.25. The molecule has 0 spiro atoms. The van der Waals surface area contributed by atoms with Crippen molar-refractivity contribution in [3.05, 3.63) is 113 Å². The molecular weight excluding hydrogens is 604 g/mol. The fraction of sp³-hybridized carbons (Fsp3) is 0.361. The maximum absolute atomic E-state index is 12.0. The Bertz CT molecular complexity index is 1840. The maximum Gasteiger partial charge on any atom is 0.290 e. The second-order valence-electron chi connectivity index (χ2n) is 11.3. The monoisotopic (exact) mass is 656 g/mol. The van der Waals surface area contributed by atoms with Gasteiger partial charge in [0.15, 0.2) is 11.6 Å². The molecule has 258 valence electrons. The van der Waals surface area contributed by atoms with Crippen molar-refractivity contribution in [1.82, 2.24) is 39.3 Å². The van der Waals surface area contributed by atoms with Gasteiger partial charge < -0.3 is 25.4 Å². The topological polar surface area (TPSA) is 129 Å². The molecule has 0 radical (unpaired) electrons. The Hall–Kier alpha value is -5.07.